The number of carbonyl (C=O) groups is 1. The summed E-state index contributed by atoms with van der Waals surface area (Å²) in [4.78, 5) is 14.8. The fraction of sp³-hybridized carbons (Fsp3) is 0.250. The van der Waals surface area contributed by atoms with E-state index in [0.29, 0.717) is 24.4 Å². The number of benzene rings is 2. The predicted molar refractivity (Wildman–Crippen MR) is 106 cm³/mol. The quantitative estimate of drug-likeness (QED) is 0.636. The van der Waals surface area contributed by atoms with Crippen molar-refractivity contribution in [3.8, 4) is 17.0 Å². The third-order valence-electron chi connectivity index (χ3n) is 4.81. The number of hydrogen-bond acceptors (Lipinski definition) is 4. The minimum Gasteiger partial charge on any atom is -0.497 e. The van der Waals surface area contributed by atoms with Crippen molar-refractivity contribution in [1.29, 1.82) is 0 Å². The van der Waals surface area contributed by atoms with Crippen LogP contribution in [-0.4, -0.2) is 46.0 Å². The van der Waals surface area contributed by atoms with Crippen molar-refractivity contribution < 1.29 is 9.53 Å². The number of ether oxygens (including phenoxy) is 1. The summed E-state index contributed by atoms with van der Waals surface area (Å²) in [5.41, 5.74) is 2.49. The molecule has 1 atom stereocenters. The standard InChI is InChI=1S/C20H19BrN4O2/c1-27-16-7-8-18(21)17(11-16)20(26)24-10-9-15(12-24)25-13-19(22-23-25)14-5-3-2-4-6-14/h2-8,11,13,15H,9-10,12H2,1H3. The van der Waals surface area contributed by atoms with E-state index in [1.807, 2.05) is 58.2 Å². The summed E-state index contributed by atoms with van der Waals surface area (Å²) in [6.07, 6.45) is 2.81. The van der Waals surface area contributed by atoms with Crippen molar-refractivity contribution in [2.75, 3.05) is 20.2 Å². The highest BCUT2D eigenvalue weighted by molar-refractivity contribution is 9.10. The summed E-state index contributed by atoms with van der Waals surface area (Å²) >= 11 is 3.47. The van der Waals surface area contributed by atoms with E-state index in [1.165, 1.54) is 0 Å². The lowest BCUT2D eigenvalue weighted by Crippen LogP contribution is -2.29. The summed E-state index contributed by atoms with van der Waals surface area (Å²) in [5.74, 6) is 0.660. The summed E-state index contributed by atoms with van der Waals surface area (Å²) in [5, 5.41) is 8.57. The van der Waals surface area contributed by atoms with Crippen molar-refractivity contribution in [3.63, 3.8) is 0 Å². The summed E-state index contributed by atoms with van der Waals surface area (Å²) < 4.78 is 7.88. The third-order valence-corrected chi connectivity index (χ3v) is 5.50. The van der Waals surface area contributed by atoms with E-state index in [9.17, 15) is 4.79 Å². The molecular formula is C20H19BrN4O2. The molecule has 2 heterocycles. The molecule has 0 saturated carbocycles. The molecule has 7 heteroatoms. The molecule has 6 nitrogen and oxygen atoms in total. The summed E-state index contributed by atoms with van der Waals surface area (Å²) in [6, 6.07) is 15.5. The second-order valence-electron chi connectivity index (χ2n) is 6.49. The van der Waals surface area contributed by atoms with E-state index >= 15 is 0 Å². The summed E-state index contributed by atoms with van der Waals surface area (Å²) in [7, 11) is 1.60. The first-order valence-electron chi connectivity index (χ1n) is 8.76. The Kier molecular flexibility index (Phi) is 4.94. The molecule has 0 N–H and O–H groups in total. The highest BCUT2D eigenvalue weighted by atomic mass is 79.9. The zero-order valence-electron chi connectivity index (χ0n) is 14.9. The van der Waals surface area contributed by atoms with Gasteiger partial charge in [-0.2, -0.15) is 0 Å². The van der Waals surface area contributed by atoms with Gasteiger partial charge in [0.25, 0.3) is 5.91 Å². The van der Waals surface area contributed by atoms with Gasteiger partial charge in [0.1, 0.15) is 11.4 Å². The molecule has 27 heavy (non-hydrogen) atoms. The van der Waals surface area contributed by atoms with Crippen LogP contribution in [0.4, 0.5) is 0 Å². The maximum Gasteiger partial charge on any atom is 0.255 e. The van der Waals surface area contributed by atoms with Crippen molar-refractivity contribution >= 4 is 21.8 Å². The Hall–Kier alpha value is -2.67. The van der Waals surface area contributed by atoms with Gasteiger partial charge in [0, 0.05) is 23.1 Å². The third kappa shape index (κ3) is 3.60. The zero-order valence-corrected chi connectivity index (χ0v) is 16.5. The van der Waals surface area contributed by atoms with Gasteiger partial charge < -0.3 is 9.64 Å². The Bertz CT molecular complexity index is 958. The lowest BCUT2D eigenvalue weighted by molar-refractivity contribution is 0.0785. The average Bonchev–Trinajstić information content (AvgIpc) is 3.38. The lowest BCUT2D eigenvalue weighted by atomic mass is 10.2. The molecule has 4 rings (SSSR count). The number of rotatable bonds is 4. The van der Waals surface area contributed by atoms with E-state index < -0.39 is 0 Å². The van der Waals surface area contributed by atoms with Crippen LogP contribution in [0.2, 0.25) is 0 Å². The van der Waals surface area contributed by atoms with Crippen LogP contribution in [0, 0.1) is 0 Å². The van der Waals surface area contributed by atoms with Crippen LogP contribution in [0.25, 0.3) is 11.3 Å². The van der Waals surface area contributed by atoms with Crippen LogP contribution in [0.5, 0.6) is 5.75 Å². The topological polar surface area (TPSA) is 60.2 Å². The highest BCUT2D eigenvalue weighted by Gasteiger charge is 2.30. The normalized spacial score (nSPS) is 16.5. The van der Waals surface area contributed by atoms with Crippen molar-refractivity contribution in [1.82, 2.24) is 19.9 Å². The first kappa shape index (κ1) is 17.7. The molecule has 3 aromatic rings. The molecule has 0 aliphatic carbocycles. The van der Waals surface area contributed by atoms with Gasteiger partial charge in [-0.15, -0.1) is 5.10 Å². The van der Waals surface area contributed by atoms with E-state index in [1.54, 1.807) is 13.2 Å². The predicted octanol–water partition coefficient (Wildman–Crippen LogP) is 3.80. The van der Waals surface area contributed by atoms with Gasteiger partial charge in [-0.1, -0.05) is 35.5 Å². The van der Waals surface area contributed by atoms with Gasteiger partial charge in [0.05, 0.1) is 24.9 Å². The van der Waals surface area contributed by atoms with Crippen molar-refractivity contribution in [3.05, 3.63) is 64.8 Å². The molecule has 1 aliphatic heterocycles. The van der Waals surface area contributed by atoms with E-state index in [4.69, 9.17) is 4.74 Å². The number of nitrogens with zero attached hydrogens (tertiary/aromatic N) is 4. The van der Waals surface area contributed by atoms with Crippen LogP contribution in [0.3, 0.4) is 0 Å². The van der Waals surface area contributed by atoms with Crippen molar-refractivity contribution in [2.24, 2.45) is 0 Å². The van der Waals surface area contributed by atoms with E-state index in [2.05, 4.69) is 26.2 Å². The van der Waals surface area contributed by atoms with Gasteiger partial charge in [-0.05, 0) is 40.5 Å². The highest BCUT2D eigenvalue weighted by Crippen LogP contribution is 2.28. The molecule has 1 saturated heterocycles. The molecule has 138 valence electrons. The number of aromatic nitrogens is 3. The van der Waals surface area contributed by atoms with E-state index in [-0.39, 0.29) is 11.9 Å². The molecule has 1 unspecified atom stereocenters. The molecule has 1 amide bonds. The van der Waals surface area contributed by atoms with Crippen LogP contribution < -0.4 is 4.74 Å². The Labute approximate surface area is 165 Å². The number of amides is 1. The van der Waals surface area contributed by atoms with Gasteiger partial charge in [0.2, 0.25) is 0 Å². The minimum atomic E-state index is -0.00771. The monoisotopic (exact) mass is 426 g/mol. The molecular weight excluding hydrogens is 408 g/mol. The molecule has 0 bridgehead atoms. The number of hydrogen-bond donors (Lipinski definition) is 0. The molecule has 1 aromatic heterocycles. The van der Waals surface area contributed by atoms with Gasteiger partial charge >= 0.3 is 0 Å². The molecule has 1 aliphatic rings. The first-order valence-corrected chi connectivity index (χ1v) is 9.55. The molecule has 0 spiro atoms. The minimum absolute atomic E-state index is 0.00771. The largest absolute Gasteiger partial charge is 0.497 e. The van der Waals surface area contributed by atoms with Crippen LogP contribution in [0.15, 0.2) is 59.2 Å². The Morgan fingerprint density at radius 1 is 1.22 bits per heavy atom. The maximum atomic E-state index is 12.9. The SMILES string of the molecule is COc1ccc(Br)c(C(=O)N2CCC(n3cc(-c4ccccc4)nn3)C2)c1. The Balaban J connectivity index is 1.49. The van der Waals surface area contributed by atoms with Crippen LogP contribution in [-0.2, 0) is 0 Å². The lowest BCUT2D eigenvalue weighted by Gasteiger charge is -2.18. The summed E-state index contributed by atoms with van der Waals surface area (Å²) in [6.45, 7) is 1.30. The smallest absolute Gasteiger partial charge is 0.255 e. The maximum absolute atomic E-state index is 12.9. The number of methoxy groups -OCH3 is 1. The Morgan fingerprint density at radius 2 is 2.04 bits per heavy atom. The number of likely N-dealkylation sites (tertiary alicyclic amines) is 1. The number of carbonyl (C=O) groups excluding carboxylic acids is 1. The second-order valence-corrected chi connectivity index (χ2v) is 7.34. The zero-order chi connectivity index (χ0) is 18.8. The fourth-order valence-electron chi connectivity index (χ4n) is 3.30. The van der Waals surface area contributed by atoms with E-state index in [0.717, 1.165) is 22.2 Å². The van der Waals surface area contributed by atoms with Gasteiger partial charge in [-0.25, -0.2) is 4.68 Å². The van der Waals surface area contributed by atoms with Crippen LogP contribution >= 0.6 is 15.9 Å². The average molecular weight is 427 g/mol. The molecule has 1 fully saturated rings. The van der Waals surface area contributed by atoms with Crippen LogP contribution in [0.1, 0.15) is 22.8 Å². The number of halogens is 1. The first-order chi connectivity index (χ1) is 13.2. The van der Waals surface area contributed by atoms with Gasteiger partial charge in [0.15, 0.2) is 0 Å². The van der Waals surface area contributed by atoms with Crippen molar-refractivity contribution in [2.45, 2.75) is 12.5 Å². The Morgan fingerprint density at radius 3 is 2.81 bits per heavy atom. The van der Waals surface area contributed by atoms with Gasteiger partial charge in [-0.3, -0.25) is 4.79 Å². The fourth-order valence-corrected chi connectivity index (χ4v) is 3.72. The second kappa shape index (κ2) is 7.52. The molecule has 0 radical (unpaired) electrons. The molecule has 2 aromatic carbocycles.